The summed E-state index contributed by atoms with van der Waals surface area (Å²) in [5.41, 5.74) is 1.02. The van der Waals surface area contributed by atoms with Gasteiger partial charge in [-0.25, -0.2) is 0 Å². The van der Waals surface area contributed by atoms with Crippen LogP contribution in [0.25, 0.3) is 0 Å². The van der Waals surface area contributed by atoms with Crippen LogP contribution in [0.1, 0.15) is 18.5 Å². The first kappa shape index (κ1) is 14.5. The van der Waals surface area contributed by atoms with Crippen molar-refractivity contribution in [3.05, 3.63) is 48.3 Å². The molecule has 0 aliphatic heterocycles. The number of hydrogen-bond acceptors (Lipinski definition) is 3. The Hall–Kier alpha value is -1.95. The third kappa shape index (κ3) is 4.31. The maximum Gasteiger partial charge on any atom is 0.387 e. The quantitative estimate of drug-likeness (QED) is 0.848. The molecule has 2 aromatic rings. The molecule has 0 fully saturated rings. The lowest BCUT2D eigenvalue weighted by Crippen LogP contribution is -2.23. The summed E-state index contributed by atoms with van der Waals surface area (Å²) in [6, 6.07) is 8.67. The van der Waals surface area contributed by atoms with Crippen LogP contribution in [0, 0.1) is 0 Å². The van der Waals surface area contributed by atoms with Crippen LogP contribution in [-0.4, -0.2) is 22.9 Å². The fraction of sp³-hybridized carbons (Fsp3) is 0.357. The molecule has 1 atom stereocenters. The van der Waals surface area contributed by atoms with Gasteiger partial charge in [0, 0.05) is 25.0 Å². The summed E-state index contributed by atoms with van der Waals surface area (Å²) in [7, 11) is 0. The van der Waals surface area contributed by atoms with Crippen LogP contribution in [-0.2, 0) is 6.54 Å². The predicted octanol–water partition coefficient (Wildman–Crippen LogP) is 2.84. The molecule has 0 radical (unpaired) electrons. The summed E-state index contributed by atoms with van der Waals surface area (Å²) in [5, 5.41) is 7.46. The number of alkyl halides is 2. The van der Waals surface area contributed by atoms with Crippen molar-refractivity contribution >= 4 is 0 Å². The average molecular weight is 281 g/mol. The van der Waals surface area contributed by atoms with E-state index in [0.29, 0.717) is 0 Å². The fourth-order valence-corrected chi connectivity index (χ4v) is 1.88. The summed E-state index contributed by atoms with van der Waals surface area (Å²) < 4.78 is 30.2. The molecule has 1 unspecified atom stereocenters. The first-order valence-corrected chi connectivity index (χ1v) is 6.41. The summed E-state index contributed by atoms with van der Waals surface area (Å²) in [6.07, 6.45) is 3.65. The van der Waals surface area contributed by atoms with E-state index in [4.69, 9.17) is 0 Å². The van der Waals surface area contributed by atoms with Gasteiger partial charge in [0.25, 0.3) is 0 Å². The van der Waals surface area contributed by atoms with E-state index in [-0.39, 0.29) is 11.8 Å². The maximum atomic E-state index is 12.0. The zero-order chi connectivity index (χ0) is 14.4. The number of aromatic nitrogens is 2. The number of hydrogen-bond donors (Lipinski definition) is 1. The third-order valence-electron chi connectivity index (χ3n) is 2.96. The second-order valence-corrected chi connectivity index (χ2v) is 4.39. The van der Waals surface area contributed by atoms with E-state index in [9.17, 15) is 8.78 Å². The van der Waals surface area contributed by atoms with Crippen LogP contribution in [0.5, 0.6) is 5.75 Å². The van der Waals surface area contributed by atoms with Crippen molar-refractivity contribution in [1.82, 2.24) is 15.1 Å². The lowest BCUT2D eigenvalue weighted by Gasteiger charge is -2.15. The van der Waals surface area contributed by atoms with Crippen molar-refractivity contribution in [2.45, 2.75) is 26.1 Å². The van der Waals surface area contributed by atoms with Gasteiger partial charge in [-0.2, -0.15) is 13.9 Å². The molecule has 0 bridgehead atoms. The number of nitrogens with zero attached hydrogens (tertiary/aromatic N) is 2. The van der Waals surface area contributed by atoms with Gasteiger partial charge in [0.2, 0.25) is 0 Å². The molecule has 0 amide bonds. The van der Waals surface area contributed by atoms with Gasteiger partial charge in [-0.05, 0) is 30.7 Å². The summed E-state index contributed by atoms with van der Waals surface area (Å²) in [4.78, 5) is 0. The van der Waals surface area contributed by atoms with E-state index in [1.165, 1.54) is 0 Å². The molecule has 0 saturated carbocycles. The Morgan fingerprint density at radius 3 is 2.65 bits per heavy atom. The number of benzene rings is 1. The topological polar surface area (TPSA) is 39.1 Å². The zero-order valence-corrected chi connectivity index (χ0v) is 11.2. The minimum atomic E-state index is -2.79. The summed E-state index contributed by atoms with van der Waals surface area (Å²) >= 11 is 0. The van der Waals surface area contributed by atoms with Crippen molar-refractivity contribution in [3.8, 4) is 5.75 Å². The third-order valence-corrected chi connectivity index (χ3v) is 2.96. The van der Waals surface area contributed by atoms with E-state index in [0.717, 1.165) is 18.7 Å². The number of ether oxygens (including phenoxy) is 1. The highest BCUT2D eigenvalue weighted by Crippen LogP contribution is 2.18. The number of rotatable bonds is 7. The maximum absolute atomic E-state index is 12.0. The van der Waals surface area contributed by atoms with Gasteiger partial charge in [-0.1, -0.05) is 12.1 Å². The first-order chi connectivity index (χ1) is 9.65. The Balaban J connectivity index is 1.81. The van der Waals surface area contributed by atoms with Gasteiger partial charge in [0.05, 0.1) is 6.54 Å². The Bertz CT molecular complexity index is 500. The second-order valence-electron chi connectivity index (χ2n) is 4.39. The standard InChI is InChI=1S/C14H17F2N3O/c1-11(17-8-10-19-9-2-7-18-19)12-3-5-13(6-4-12)20-14(15)16/h2-7,9,11,14,17H,8,10H2,1H3. The highest BCUT2D eigenvalue weighted by Gasteiger charge is 2.07. The fourth-order valence-electron chi connectivity index (χ4n) is 1.88. The highest BCUT2D eigenvalue weighted by molar-refractivity contribution is 5.28. The minimum Gasteiger partial charge on any atom is -0.435 e. The molecule has 0 aliphatic carbocycles. The molecular formula is C14H17F2N3O. The van der Waals surface area contributed by atoms with Crippen molar-refractivity contribution in [2.24, 2.45) is 0 Å². The molecule has 1 N–H and O–H groups in total. The lowest BCUT2D eigenvalue weighted by molar-refractivity contribution is -0.0498. The van der Waals surface area contributed by atoms with Crippen LogP contribution in [0.4, 0.5) is 8.78 Å². The minimum absolute atomic E-state index is 0.131. The molecule has 4 nitrogen and oxygen atoms in total. The molecule has 2 rings (SSSR count). The molecule has 1 heterocycles. The van der Waals surface area contributed by atoms with Crippen molar-refractivity contribution in [1.29, 1.82) is 0 Å². The molecular weight excluding hydrogens is 264 g/mol. The number of nitrogens with one attached hydrogen (secondary N) is 1. The summed E-state index contributed by atoms with van der Waals surface area (Å²) in [6.45, 7) is 0.791. The smallest absolute Gasteiger partial charge is 0.387 e. The van der Waals surface area contributed by atoms with E-state index >= 15 is 0 Å². The van der Waals surface area contributed by atoms with Gasteiger partial charge < -0.3 is 10.1 Å². The van der Waals surface area contributed by atoms with Crippen molar-refractivity contribution < 1.29 is 13.5 Å². The van der Waals surface area contributed by atoms with E-state index in [1.54, 1.807) is 30.5 Å². The summed E-state index contributed by atoms with van der Waals surface area (Å²) in [5.74, 6) is 0.174. The molecule has 1 aromatic heterocycles. The van der Waals surface area contributed by atoms with Crippen LogP contribution >= 0.6 is 0 Å². The van der Waals surface area contributed by atoms with Gasteiger partial charge in [-0.15, -0.1) is 0 Å². The largest absolute Gasteiger partial charge is 0.435 e. The Kier molecular flexibility index (Phi) is 5.06. The van der Waals surface area contributed by atoms with Gasteiger partial charge in [0.15, 0.2) is 0 Å². The van der Waals surface area contributed by atoms with Gasteiger partial charge >= 0.3 is 6.61 Å². The molecule has 0 saturated heterocycles. The molecule has 1 aromatic carbocycles. The van der Waals surface area contributed by atoms with Crippen molar-refractivity contribution in [3.63, 3.8) is 0 Å². The number of halogens is 2. The van der Waals surface area contributed by atoms with Crippen LogP contribution in [0.15, 0.2) is 42.7 Å². The Morgan fingerprint density at radius 2 is 2.05 bits per heavy atom. The van der Waals surface area contributed by atoms with E-state index < -0.39 is 6.61 Å². The zero-order valence-electron chi connectivity index (χ0n) is 11.2. The predicted molar refractivity (Wildman–Crippen MR) is 71.7 cm³/mol. The van der Waals surface area contributed by atoms with Gasteiger partial charge in [0.1, 0.15) is 5.75 Å². The molecule has 6 heteroatoms. The average Bonchev–Trinajstić information content (AvgIpc) is 2.92. The molecule has 20 heavy (non-hydrogen) atoms. The normalized spacial score (nSPS) is 12.6. The van der Waals surface area contributed by atoms with E-state index in [2.05, 4.69) is 15.2 Å². The second kappa shape index (κ2) is 7.00. The Morgan fingerprint density at radius 1 is 1.30 bits per heavy atom. The SMILES string of the molecule is CC(NCCn1cccn1)c1ccc(OC(F)F)cc1. The van der Waals surface area contributed by atoms with Crippen molar-refractivity contribution in [2.75, 3.05) is 6.54 Å². The van der Waals surface area contributed by atoms with E-state index in [1.807, 2.05) is 23.9 Å². The molecule has 0 aliphatic rings. The van der Waals surface area contributed by atoms with Crippen LogP contribution in [0.2, 0.25) is 0 Å². The van der Waals surface area contributed by atoms with Gasteiger partial charge in [-0.3, -0.25) is 4.68 Å². The Labute approximate surface area is 116 Å². The van der Waals surface area contributed by atoms with Crippen LogP contribution < -0.4 is 10.1 Å². The van der Waals surface area contributed by atoms with Crippen LogP contribution in [0.3, 0.4) is 0 Å². The monoisotopic (exact) mass is 281 g/mol. The molecule has 0 spiro atoms. The lowest BCUT2D eigenvalue weighted by atomic mass is 10.1. The first-order valence-electron chi connectivity index (χ1n) is 6.41. The highest BCUT2D eigenvalue weighted by atomic mass is 19.3. The molecule has 108 valence electrons.